The molecule has 1 aromatic rings. The maximum absolute atomic E-state index is 13.4. The van der Waals surface area contributed by atoms with Crippen LogP contribution in [0.3, 0.4) is 0 Å². The van der Waals surface area contributed by atoms with Crippen LogP contribution in [0.25, 0.3) is 11.3 Å². The number of carbonyl (C=O) groups excluding carboxylic acids is 1. The maximum atomic E-state index is 13.4. The molecular weight excluding hydrogens is 518 g/mol. The molecule has 0 bridgehead atoms. The zero-order valence-corrected chi connectivity index (χ0v) is 22.7. The Morgan fingerprint density at radius 1 is 1.32 bits per heavy atom. The Balaban J connectivity index is 0.000000381. The summed E-state index contributed by atoms with van der Waals surface area (Å²) in [5.74, 6) is 3.95. The van der Waals surface area contributed by atoms with E-state index in [1.54, 1.807) is 37.7 Å². The molecule has 1 aliphatic rings. The summed E-state index contributed by atoms with van der Waals surface area (Å²) in [6.07, 6.45) is 7.32. The Bertz CT molecular complexity index is 1130. The molecule has 0 fully saturated rings. The van der Waals surface area contributed by atoms with E-state index in [9.17, 15) is 22.4 Å². The molecule has 2 heterocycles. The van der Waals surface area contributed by atoms with Gasteiger partial charge in [-0.1, -0.05) is 39.5 Å². The van der Waals surface area contributed by atoms with Crippen LogP contribution in [0.2, 0.25) is 0 Å². The van der Waals surface area contributed by atoms with Gasteiger partial charge in [0.2, 0.25) is 5.91 Å². The van der Waals surface area contributed by atoms with Gasteiger partial charge in [-0.3, -0.25) is 9.79 Å². The van der Waals surface area contributed by atoms with E-state index >= 15 is 0 Å². The molecule has 0 aromatic carbocycles. The van der Waals surface area contributed by atoms with Crippen LogP contribution < -0.4 is 11.6 Å². The number of alkyl halides is 3. The molecule has 11 heteroatoms. The second kappa shape index (κ2) is 15.7. The van der Waals surface area contributed by atoms with E-state index in [-0.39, 0.29) is 24.1 Å². The summed E-state index contributed by atoms with van der Waals surface area (Å²) >= 11 is 1.62. The summed E-state index contributed by atoms with van der Waals surface area (Å²) < 4.78 is 51.2. The highest BCUT2D eigenvalue weighted by atomic mass is 32.1. The summed E-state index contributed by atoms with van der Waals surface area (Å²) in [4.78, 5) is 17.4. The van der Waals surface area contributed by atoms with E-state index in [1.165, 1.54) is 23.1 Å². The monoisotopic (exact) mass is 553 g/mol. The van der Waals surface area contributed by atoms with Gasteiger partial charge in [-0.2, -0.15) is 13.2 Å². The van der Waals surface area contributed by atoms with Crippen LogP contribution in [-0.2, 0) is 4.79 Å². The minimum Gasteiger partial charge on any atom is -0.396 e. The van der Waals surface area contributed by atoms with Crippen molar-refractivity contribution >= 4 is 34.7 Å². The van der Waals surface area contributed by atoms with Crippen molar-refractivity contribution in [2.24, 2.45) is 16.6 Å². The number of amides is 1. The first-order valence-electron chi connectivity index (χ1n) is 11.8. The molecule has 0 radical (unpaired) electrons. The van der Waals surface area contributed by atoms with Crippen molar-refractivity contribution in [1.82, 2.24) is 9.91 Å². The molecule has 1 aromatic heterocycles. The van der Waals surface area contributed by atoms with E-state index in [2.05, 4.69) is 35.7 Å². The lowest BCUT2D eigenvalue weighted by Gasteiger charge is -2.26. The van der Waals surface area contributed by atoms with Crippen LogP contribution in [0.4, 0.5) is 17.6 Å². The zero-order chi connectivity index (χ0) is 28.9. The molecule has 0 saturated carbocycles. The zero-order valence-electron chi connectivity index (χ0n) is 21.9. The number of aliphatic imine (C=N–C) groups is 1. The summed E-state index contributed by atoms with van der Waals surface area (Å²) in [5.41, 5.74) is 8.88. The normalized spacial score (nSPS) is 14.0. The van der Waals surface area contributed by atoms with Crippen molar-refractivity contribution in [3.63, 3.8) is 0 Å². The standard InChI is InChI=1S/C14H19F4NO.C13H16N4S/c1-5-8-11(10(4)15)12(6-2)19(13(20)7-3)9-14(16,17)18;1-17(15)8-12(14)13-7-11(9-18-13)10-3-2-5-16-6-4-10/h6H,2,4-5,7-9H2,1,3H3;2-3,5-9H,4,14-15H2,1H3/b12-11+;12-8-. The Hall–Kier alpha value is -3.44. The van der Waals surface area contributed by atoms with Gasteiger partial charge in [-0.15, -0.1) is 11.3 Å². The summed E-state index contributed by atoms with van der Waals surface area (Å²) in [6.45, 7) is 8.22. The number of nitrogens with two attached hydrogens (primary N) is 2. The van der Waals surface area contributed by atoms with Crippen molar-refractivity contribution in [3.05, 3.63) is 82.8 Å². The molecule has 208 valence electrons. The average Bonchev–Trinajstić information content (AvgIpc) is 3.18. The van der Waals surface area contributed by atoms with Gasteiger partial charge < -0.3 is 15.6 Å². The molecule has 0 spiro atoms. The van der Waals surface area contributed by atoms with Crippen molar-refractivity contribution in [2.75, 3.05) is 13.6 Å². The van der Waals surface area contributed by atoms with Gasteiger partial charge in [-0.25, -0.2) is 10.2 Å². The molecule has 0 aliphatic carbocycles. The number of rotatable bonds is 10. The van der Waals surface area contributed by atoms with Crippen LogP contribution in [0.1, 0.15) is 50.0 Å². The van der Waals surface area contributed by atoms with Gasteiger partial charge in [-0.05, 0) is 41.2 Å². The van der Waals surface area contributed by atoms with Gasteiger partial charge >= 0.3 is 6.18 Å². The first kappa shape index (κ1) is 32.6. The van der Waals surface area contributed by atoms with E-state index < -0.39 is 24.5 Å². The quantitative estimate of drug-likeness (QED) is 0.146. The largest absolute Gasteiger partial charge is 0.406 e. The number of hydrogen-bond donors (Lipinski definition) is 2. The van der Waals surface area contributed by atoms with Crippen molar-refractivity contribution in [2.45, 2.75) is 45.7 Å². The minimum atomic E-state index is -4.58. The molecule has 1 aliphatic heterocycles. The number of hydrogen-bond acceptors (Lipinski definition) is 6. The lowest BCUT2D eigenvalue weighted by atomic mass is 10.1. The van der Waals surface area contributed by atoms with Crippen molar-refractivity contribution < 1.29 is 22.4 Å². The smallest absolute Gasteiger partial charge is 0.396 e. The number of hydrazine groups is 1. The third-order valence-corrected chi connectivity index (χ3v) is 6.02. The predicted molar refractivity (Wildman–Crippen MR) is 149 cm³/mol. The van der Waals surface area contributed by atoms with Crippen molar-refractivity contribution in [3.8, 4) is 0 Å². The molecule has 1 amide bonds. The Kier molecular flexibility index (Phi) is 13.5. The number of carbonyl (C=O) groups is 1. The third kappa shape index (κ3) is 10.9. The lowest BCUT2D eigenvalue weighted by Crippen LogP contribution is -2.38. The third-order valence-electron chi connectivity index (χ3n) is 5.05. The van der Waals surface area contributed by atoms with Crippen LogP contribution in [-0.4, -0.2) is 41.8 Å². The van der Waals surface area contributed by atoms with Gasteiger partial charge in [0, 0.05) is 49.8 Å². The first-order chi connectivity index (χ1) is 17.8. The second-order valence-electron chi connectivity index (χ2n) is 8.19. The highest BCUT2D eigenvalue weighted by Gasteiger charge is 2.34. The Morgan fingerprint density at radius 3 is 2.53 bits per heavy atom. The fraction of sp³-hybridized carbons (Fsp3) is 0.333. The summed E-state index contributed by atoms with van der Waals surface area (Å²) in [5, 5.41) is 3.56. The number of nitrogens with zero attached hydrogens (tertiary/aromatic N) is 3. The van der Waals surface area contributed by atoms with Crippen LogP contribution >= 0.6 is 11.3 Å². The summed E-state index contributed by atoms with van der Waals surface area (Å²) in [6, 6.07) is 2.08. The number of halogens is 4. The average molecular weight is 554 g/mol. The number of thiophene rings is 1. The molecule has 2 rings (SSSR count). The van der Waals surface area contributed by atoms with E-state index in [0.29, 0.717) is 17.0 Å². The van der Waals surface area contributed by atoms with E-state index in [1.807, 2.05) is 12.3 Å². The highest BCUT2D eigenvalue weighted by Crippen LogP contribution is 2.28. The molecule has 0 unspecified atom stereocenters. The molecule has 0 saturated heterocycles. The SMILES string of the molecule is C=C/C(=C(/CCC)C(=C)F)N(CC(F)(F)F)C(=O)CC.CN(N)/C=C(\N)c1cc(C2=CC=CN=CC2)cs1. The molecular formula is C27H35F4N5OS. The van der Waals surface area contributed by atoms with Crippen LogP contribution in [0.15, 0.2) is 77.3 Å². The van der Waals surface area contributed by atoms with Crippen molar-refractivity contribution in [1.29, 1.82) is 0 Å². The van der Waals surface area contributed by atoms with Gasteiger partial charge in [0.05, 0.1) is 10.6 Å². The van der Waals surface area contributed by atoms with Gasteiger partial charge in [0.15, 0.2) is 0 Å². The number of allylic oxidation sites excluding steroid dienone is 6. The Labute approximate surface area is 225 Å². The van der Waals surface area contributed by atoms with Crippen LogP contribution in [0.5, 0.6) is 0 Å². The summed E-state index contributed by atoms with van der Waals surface area (Å²) in [7, 11) is 1.75. The molecule has 38 heavy (non-hydrogen) atoms. The lowest BCUT2D eigenvalue weighted by molar-refractivity contribution is -0.156. The topological polar surface area (TPSA) is 88.0 Å². The minimum absolute atomic E-state index is 0.0199. The van der Waals surface area contributed by atoms with Gasteiger partial charge in [0.25, 0.3) is 0 Å². The fourth-order valence-corrected chi connectivity index (χ4v) is 4.23. The Morgan fingerprint density at radius 2 is 2.00 bits per heavy atom. The maximum Gasteiger partial charge on any atom is 0.406 e. The molecule has 0 atom stereocenters. The fourth-order valence-electron chi connectivity index (χ4n) is 3.37. The van der Waals surface area contributed by atoms with Gasteiger partial charge in [0.1, 0.15) is 12.4 Å². The molecule has 6 nitrogen and oxygen atoms in total. The van der Waals surface area contributed by atoms with E-state index in [4.69, 9.17) is 11.6 Å². The van der Waals surface area contributed by atoms with E-state index in [0.717, 1.165) is 17.4 Å². The van der Waals surface area contributed by atoms with Crippen LogP contribution in [0, 0.1) is 0 Å². The first-order valence-corrected chi connectivity index (χ1v) is 12.7. The molecule has 4 N–H and O–H groups in total. The highest BCUT2D eigenvalue weighted by molar-refractivity contribution is 7.11. The second-order valence-corrected chi connectivity index (χ2v) is 9.10. The predicted octanol–water partition coefficient (Wildman–Crippen LogP) is 6.69.